The Morgan fingerprint density at radius 2 is 2.30 bits per heavy atom. The van der Waals surface area contributed by atoms with E-state index in [0.29, 0.717) is 29.5 Å². The average Bonchev–Trinajstić information content (AvgIpc) is 3.16. The van der Waals surface area contributed by atoms with Crippen LogP contribution in [0.5, 0.6) is 0 Å². The van der Waals surface area contributed by atoms with E-state index in [-0.39, 0.29) is 5.91 Å². The Kier molecular flexibility index (Phi) is 3.39. The lowest BCUT2D eigenvalue weighted by Crippen LogP contribution is -2.23. The number of rotatable bonds is 4. The molecule has 0 atom stereocenters. The van der Waals surface area contributed by atoms with E-state index in [0.717, 1.165) is 4.88 Å². The van der Waals surface area contributed by atoms with Gasteiger partial charge in [0.15, 0.2) is 0 Å². The topological polar surface area (TPSA) is 68.3 Å². The van der Waals surface area contributed by atoms with Crippen molar-refractivity contribution in [1.82, 2.24) is 10.3 Å². The first-order chi connectivity index (χ1) is 9.74. The van der Waals surface area contributed by atoms with Crippen molar-refractivity contribution in [3.05, 3.63) is 53.1 Å². The highest BCUT2D eigenvalue weighted by molar-refractivity contribution is 7.13. The van der Waals surface area contributed by atoms with Crippen LogP contribution in [-0.4, -0.2) is 10.9 Å². The summed E-state index contributed by atoms with van der Waals surface area (Å²) in [7, 11) is 0. The Labute approximate surface area is 119 Å². The van der Waals surface area contributed by atoms with Crippen LogP contribution in [0.2, 0.25) is 0 Å². The minimum Gasteiger partial charge on any atom is -0.469 e. The molecule has 3 aromatic heterocycles. The molecule has 1 N–H and O–H groups in total. The van der Waals surface area contributed by atoms with Gasteiger partial charge in [0.2, 0.25) is 5.89 Å². The van der Waals surface area contributed by atoms with Crippen LogP contribution >= 0.6 is 11.3 Å². The highest BCUT2D eigenvalue weighted by Crippen LogP contribution is 2.23. The zero-order chi connectivity index (χ0) is 13.9. The first-order valence-corrected chi connectivity index (χ1v) is 6.92. The third-order valence-electron chi connectivity index (χ3n) is 2.82. The Hall–Kier alpha value is -2.34. The second kappa shape index (κ2) is 5.34. The van der Waals surface area contributed by atoms with Crippen LogP contribution in [0.15, 0.2) is 44.9 Å². The van der Waals surface area contributed by atoms with Gasteiger partial charge in [-0.25, -0.2) is 4.98 Å². The fourth-order valence-corrected chi connectivity index (χ4v) is 2.44. The monoisotopic (exact) mass is 288 g/mol. The van der Waals surface area contributed by atoms with Crippen LogP contribution in [0.3, 0.4) is 0 Å². The van der Waals surface area contributed by atoms with Gasteiger partial charge < -0.3 is 14.2 Å². The Balaban J connectivity index is 1.65. The molecular formula is C14H12N2O3S. The van der Waals surface area contributed by atoms with Gasteiger partial charge in [0.1, 0.15) is 12.0 Å². The lowest BCUT2D eigenvalue weighted by atomic mass is 10.2. The van der Waals surface area contributed by atoms with Crippen LogP contribution in [0.4, 0.5) is 0 Å². The van der Waals surface area contributed by atoms with Crippen molar-refractivity contribution in [2.75, 3.05) is 0 Å². The first-order valence-electron chi connectivity index (χ1n) is 6.04. The number of thiophene rings is 1. The van der Waals surface area contributed by atoms with Gasteiger partial charge in [-0.1, -0.05) is 6.07 Å². The zero-order valence-corrected chi connectivity index (χ0v) is 11.6. The summed E-state index contributed by atoms with van der Waals surface area (Å²) in [4.78, 5) is 17.2. The lowest BCUT2D eigenvalue weighted by Gasteiger charge is -2.00. The van der Waals surface area contributed by atoms with E-state index in [1.165, 1.54) is 6.26 Å². The Morgan fingerprint density at radius 3 is 3.00 bits per heavy atom. The lowest BCUT2D eigenvalue weighted by molar-refractivity contribution is 0.0949. The highest BCUT2D eigenvalue weighted by atomic mass is 32.1. The fraction of sp³-hybridized carbons (Fsp3) is 0.143. The number of carbonyl (C=O) groups is 1. The standard InChI is InChI=1S/C14H12N2O3S/c1-9-11(4-5-18-9)13(17)15-7-10-8-19-14(16-10)12-3-2-6-20-12/h2-6,8H,7H2,1H3,(H,15,17). The highest BCUT2D eigenvalue weighted by Gasteiger charge is 2.12. The molecule has 0 saturated heterocycles. The van der Waals surface area contributed by atoms with Crippen molar-refractivity contribution in [3.8, 4) is 10.8 Å². The van der Waals surface area contributed by atoms with Crippen molar-refractivity contribution in [1.29, 1.82) is 0 Å². The second-order valence-electron chi connectivity index (χ2n) is 4.19. The van der Waals surface area contributed by atoms with E-state index in [9.17, 15) is 4.79 Å². The minimum absolute atomic E-state index is 0.183. The van der Waals surface area contributed by atoms with E-state index in [1.54, 1.807) is 30.6 Å². The summed E-state index contributed by atoms with van der Waals surface area (Å²) in [6.07, 6.45) is 3.05. The molecule has 0 aliphatic carbocycles. The maximum Gasteiger partial charge on any atom is 0.255 e. The number of amides is 1. The molecule has 0 spiro atoms. The van der Waals surface area contributed by atoms with E-state index < -0.39 is 0 Å². The summed E-state index contributed by atoms with van der Waals surface area (Å²) in [5, 5.41) is 4.74. The SMILES string of the molecule is Cc1occc1C(=O)NCc1coc(-c2cccs2)n1. The number of hydrogen-bond acceptors (Lipinski definition) is 5. The van der Waals surface area contributed by atoms with Gasteiger partial charge in [0, 0.05) is 0 Å². The van der Waals surface area contributed by atoms with E-state index in [2.05, 4.69) is 10.3 Å². The molecule has 3 aromatic rings. The van der Waals surface area contributed by atoms with Gasteiger partial charge in [-0.3, -0.25) is 4.79 Å². The van der Waals surface area contributed by atoms with Crippen molar-refractivity contribution in [2.45, 2.75) is 13.5 Å². The molecule has 0 fully saturated rings. The molecule has 0 unspecified atom stereocenters. The maximum absolute atomic E-state index is 11.9. The molecule has 0 radical (unpaired) electrons. The minimum atomic E-state index is -0.183. The Bertz CT molecular complexity index is 712. The van der Waals surface area contributed by atoms with Gasteiger partial charge in [-0.15, -0.1) is 11.3 Å². The predicted molar refractivity (Wildman–Crippen MR) is 74.4 cm³/mol. The third kappa shape index (κ3) is 2.50. The summed E-state index contributed by atoms with van der Waals surface area (Å²) in [6.45, 7) is 2.07. The van der Waals surface area contributed by atoms with Crippen molar-refractivity contribution in [2.24, 2.45) is 0 Å². The molecule has 1 amide bonds. The number of aromatic nitrogens is 1. The molecule has 20 heavy (non-hydrogen) atoms. The van der Waals surface area contributed by atoms with Gasteiger partial charge in [0.05, 0.1) is 28.9 Å². The average molecular weight is 288 g/mol. The Morgan fingerprint density at radius 1 is 1.40 bits per heavy atom. The number of furan rings is 1. The van der Waals surface area contributed by atoms with E-state index >= 15 is 0 Å². The number of carbonyl (C=O) groups excluding carboxylic acids is 1. The first kappa shape index (κ1) is 12.7. The van der Waals surface area contributed by atoms with Crippen LogP contribution in [-0.2, 0) is 6.54 Å². The molecule has 102 valence electrons. The van der Waals surface area contributed by atoms with Crippen molar-refractivity contribution < 1.29 is 13.6 Å². The number of nitrogens with zero attached hydrogens (tertiary/aromatic N) is 1. The summed E-state index contributed by atoms with van der Waals surface area (Å²) in [5.74, 6) is 0.989. The van der Waals surface area contributed by atoms with Crippen LogP contribution in [0.25, 0.3) is 10.8 Å². The molecule has 0 aliphatic heterocycles. The summed E-state index contributed by atoms with van der Waals surface area (Å²) in [5.41, 5.74) is 1.22. The summed E-state index contributed by atoms with van der Waals surface area (Å²) < 4.78 is 10.5. The second-order valence-corrected chi connectivity index (χ2v) is 5.14. The number of nitrogens with one attached hydrogen (secondary N) is 1. The molecule has 0 aliphatic rings. The van der Waals surface area contributed by atoms with Crippen molar-refractivity contribution in [3.63, 3.8) is 0 Å². The molecule has 5 nitrogen and oxygen atoms in total. The smallest absolute Gasteiger partial charge is 0.255 e. The van der Waals surface area contributed by atoms with Gasteiger partial charge in [0.25, 0.3) is 5.91 Å². The molecule has 0 bridgehead atoms. The molecule has 0 saturated carbocycles. The van der Waals surface area contributed by atoms with E-state index in [1.807, 2.05) is 17.5 Å². The zero-order valence-electron chi connectivity index (χ0n) is 10.8. The van der Waals surface area contributed by atoms with Crippen LogP contribution in [0, 0.1) is 6.92 Å². The van der Waals surface area contributed by atoms with Crippen molar-refractivity contribution >= 4 is 17.2 Å². The maximum atomic E-state index is 11.9. The molecule has 6 heteroatoms. The largest absolute Gasteiger partial charge is 0.469 e. The summed E-state index contributed by atoms with van der Waals surface area (Å²) >= 11 is 1.56. The molecular weight excluding hydrogens is 276 g/mol. The number of hydrogen-bond donors (Lipinski definition) is 1. The normalized spacial score (nSPS) is 10.7. The summed E-state index contributed by atoms with van der Waals surface area (Å²) in [6, 6.07) is 5.52. The van der Waals surface area contributed by atoms with Crippen LogP contribution < -0.4 is 5.32 Å². The van der Waals surface area contributed by atoms with Gasteiger partial charge >= 0.3 is 0 Å². The van der Waals surface area contributed by atoms with Crippen LogP contribution in [0.1, 0.15) is 21.8 Å². The molecule has 3 rings (SSSR count). The quantitative estimate of drug-likeness (QED) is 0.800. The van der Waals surface area contributed by atoms with E-state index in [4.69, 9.17) is 8.83 Å². The van der Waals surface area contributed by atoms with Gasteiger partial charge in [-0.05, 0) is 24.4 Å². The predicted octanol–water partition coefficient (Wildman–Crippen LogP) is 3.23. The molecule has 3 heterocycles. The van der Waals surface area contributed by atoms with Gasteiger partial charge in [-0.2, -0.15) is 0 Å². The molecule has 0 aromatic carbocycles. The number of oxazole rings is 1. The fourth-order valence-electron chi connectivity index (χ4n) is 1.79. The number of aryl methyl sites for hydroxylation is 1. The third-order valence-corrected chi connectivity index (χ3v) is 3.68.